The van der Waals surface area contributed by atoms with Gasteiger partial charge in [0.25, 0.3) is 0 Å². The molecular weight excluding hydrogens is 284 g/mol. The molecule has 1 aliphatic carbocycles. The van der Waals surface area contributed by atoms with Crippen molar-refractivity contribution in [1.82, 2.24) is 9.97 Å². The summed E-state index contributed by atoms with van der Waals surface area (Å²) in [5.74, 6) is 2.17. The zero-order valence-electron chi connectivity index (χ0n) is 11.6. The van der Waals surface area contributed by atoms with Gasteiger partial charge in [0, 0.05) is 5.92 Å². The zero-order chi connectivity index (χ0) is 14.7. The summed E-state index contributed by atoms with van der Waals surface area (Å²) in [5, 5.41) is 0.412. The van der Waals surface area contributed by atoms with Crippen LogP contribution in [0.2, 0.25) is 5.15 Å². The van der Waals surface area contributed by atoms with Crippen molar-refractivity contribution >= 4 is 11.6 Å². The minimum Gasteiger partial charge on any atom is -0.458 e. The van der Waals surface area contributed by atoms with Crippen LogP contribution in [0.1, 0.15) is 18.5 Å². The van der Waals surface area contributed by atoms with Gasteiger partial charge in [0.05, 0.1) is 18.1 Å². The number of aromatic nitrogens is 2. The Morgan fingerprint density at radius 1 is 1.10 bits per heavy atom. The molecule has 4 heteroatoms. The summed E-state index contributed by atoms with van der Waals surface area (Å²) in [6, 6.07) is 9.76. The number of rotatable bonds is 3. The van der Waals surface area contributed by atoms with Crippen molar-refractivity contribution in [3.63, 3.8) is 0 Å². The molecule has 106 valence electrons. The molecule has 0 radical (unpaired) electrons. The summed E-state index contributed by atoms with van der Waals surface area (Å²) in [4.78, 5) is 8.44. The predicted octanol–water partition coefficient (Wildman–Crippen LogP) is 4.38. The highest BCUT2D eigenvalue weighted by Gasteiger charge is 2.21. The van der Waals surface area contributed by atoms with Crippen LogP contribution < -0.4 is 4.74 Å². The van der Waals surface area contributed by atoms with Gasteiger partial charge in [0.15, 0.2) is 0 Å². The first-order chi connectivity index (χ1) is 10.2. The topological polar surface area (TPSA) is 35.0 Å². The van der Waals surface area contributed by atoms with Gasteiger partial charge in [-0.3, -0.25) is 4.98 Å². The SMILES string of the molecule is CC1C=C(Oc2ccccc2)C=CC1c1cnc(Cl)cn1. The molecule has 0 spiro atoms. The van der Waals surface area contributed by atoms with Crippen LogP contribution in [0.4, 0.5) is 0 Å². The fourth-order valence-electron chi connectivity index (χ4n) is 2.35. The Balaban J connectivity index is 1.74. The van der Waals surface area contributed by atoms with E-state index in [9.17, 15) is 0 Å². The molecule has 0 fully saturated rings. The normalized spacial score (nSPS) is 21.0. The maximum atomic E-state index is 5.85. The minimum absolute atomic E-state index is 0.192. The van der Waals surface area contributed by atoms with Gasteiger partial charge in [0.2, 0.25) is 0 Å². The summed E-state index contributed by atoms with van der Waals surface area (Å²) in [5.41, 5.74) is 0.915. The molecule has 0 saturated carbocycles. The standard InChI is InChI=1S/C17H15ClN2O/c1-12-9-14(21-13-5-3-2-4-6-13)7-8-15(12)16-10-20-17(18)11-19-16/h2-12,15H,1H3. The largest absolute Gasteiger partial charge is 0.458 e. The number of hydrogen-bond acceptors (Lipinski definition) is 3. The molecule has 3 nitrogen and oxygen atoms in total. The highest BCUT2D eigenvalue weighted by atomic mass is 35.5. The molecule has 2 aromatic rings. The van der Waals surface area contributed by atoms with Crippen molar-refractivity contribution in [3.05, 3.63) is 77.6 Å². The number of benzene rings is 1. The highest BCUT2D eigenvalue weighted by Crippen LogP contribution is 2.31. The van der Waals surface area contributed by atoms with Crippen molar-refractivity contribution in [2.24, 2.45) is 5.92 Å². The van der Waals surface area contributed by atoms with E-state index in [0.29, 0.717) is 5.15 Å². The second kappa shape index (κ2) is 6.10. The van der Waals surface area contributed by atoms with E-state index < -0.39 is 0 Å². The Kier molecular flexibility index (Phi) is 4.02. The van der Waals surface area contributed by atoms with Gasteiger partial charge >= 0.3 is 0 Å². The number of hydrogen-bond donors (Lipinski definition) is 0. The van der Waals surface area contributed by atoms with Gasteiger partial charge < -0.3 is 4.74 Å². The van der Waals surface area contributed by atoms with E-state index in [1.807, 2.05) is 36.4 Å². The molecule has 0 N–H and O–H groups in total. The summed E-state index contributed by atoms with van der Waals surface area (Å²) < 4.78 is 5.85. The van der Waals surface area contributed by atoms with Crippen LogP contribution in [-0.4, -0.2) is 9.97 Å². The molecule has 0 amide bonds. The van der Waals surface area contributed by atoms with Crippen LogP contribution in [0.15, 0.2) is 66.7 Å². The molecule has 1 aromatic heterocycles. The van der Waals surface area contributed by atoms with Crippen LogP contribution in [0.25, 0.3) is 0 Å². The molecule has 21 heavy (non-hydrogen) atoms. The first kappa shape index (κ1) is 13.8. The molecule has 3 rings (SSSR count). The number of para-hydroxylation sites is 1. The Morgan fingerprint density at radius 3 is 2.57 bits per heavy atom. The van der Waals surface area contributed by atoms with Crippen LogP contribution in [0, 0.1) is 5.92 Å². The Labute approximate surface area is 129 Å². The number of nitrogens with zero attached hydrogens (tertiary/aromatic N) is 2. The van der Waals surface area contributed by atoms with Crippen molar-refractivity contribution in [1.29, 1.82) is 0 Å². The van der Waals surface area contributed by atoms with Crippen molar-refractivity contribution in [2.45, 2.75) is 12.8 Å². The van der Waals surface area contributed by atoms with Gasteiger partial charge in [-0.15, -0.1) is 0 Å². The maximum absolute atomic E-state index is 5.85. The fraction of sp³-hybridized carbons (Fsp3) is 0.176. The molecule has 1 heterocycles. The summed E-state index contributed by atoms with van der Waals surface area (Å²) in [7, 11) is 0. The van der Waals surface area contributed by atoms with E-state index >= 15 is 0 Å². The second-order valence-corrected chi connectivity index (χ2v) is 5.38. The molecule has 1 aliphatic rings. The van der Waals surface area contributed by atoms with E-state index in [2.05, 4.69) is 29.0 Å². The lowest BCUT2D eigenvalue weighted by Gasteiger charge is -2.22. The quantitative estimate of drug-likeness (QED) is 0.843. The molecule has 2 unspecified atom stereocenters. The molecule has 1 aromatic carbocycles. The van der Waals surface area contributed by atoms with E-state index in [1.165, 1.54) is 0 Å². The number of ether oxygens (including phenoxy) is 1. The van der Waals surface area contributed by atoms with Crippen molar-refractivity contribution in [2.75, 3.05) is 0 Å². The van der Waals surface area contributed by atoms with Gasteiger partial charge in [0.1, 0.15) is 16.7 Å². The Hall–Kier alpha value is -2.13. The average Bonchev–Trinajstić information content (AvgIpc) is 2.50. The molecule has 0 saturated heterocycles. The number of allylic oxidation sites excluding steroid dienone is 3. The first-order valence-electron chi connectivity index (χ1n) is 6.83. The van der Waals surface area contributed by atoms with Gasteiger partial charge in [-0.1, -0.05) is 42.8 Å². The van der Waals surface area contributed by atoms with Gasteiger partial charge in [-0.2, -0.15) is 0 Å². The summed E-state index contributed by atoms with van der Waals surface area (Å²) in [6.45, 7) is 2.14. The Bertz CT molecular complexity index is 665. The van der Waals surface area contributed by atoms with Crippen LogP contribution in [0.5, 0.6) is 5.75 Å². The third-order valence-electron chi connectivity index (χ3n) is 3.42. The summed E-state index contributed by atoms with van der Waals surface area (Å²) in [6.07, 6.45) is 9.49. The van der Waals surface area contributed by atoms with Crippen molar-refractivity contribution in [3.8, 4) is 5.75 Å². The van der Waals surface area contributed by atoms with Gasteiger partial charge in [-0.05, 0) is 30.2 Å². The molecule has 0 aliphatic heterocycles. The minimum atomic E-state index is 0.192. The van der Waals surface area contributed by atoms with E-state index in [4.69, 9.17) is 16.3 Å². The zero-order valence-corrected chi connectivity index (χ0v) is 12.4. The second-order valence-electron chi connectivity index (χ2n) is 4.99. The third kappa shape index (κ3) is 3.31. The van der Waals surface area contributed by atoms with Crippen LogP contribution >= 0.6 is 11.6 Å². The van der Waals surface area contributed by atoms with Crippen LogP contribution in [-0.2, 0) is 0 Å². The molecular formula is C17H15ClN2O. The van der Waals surface area contributed by atoms with E-state index in [0.717, 1.165) is 17.2 Å². The number of halogens is 1. The van der Waals surface area contributed by atoms with Gasteiger partial charge in [-0.25, -0.2) is 4.98 Å². The van der Waals surface area contributed by atoms with E-state index in [1.54, 1.807) is 12.4 Å². The monoisotopic (exact) mass is 298 g/mol. The third-order valence-corrected chi connectivity index (χ3v) is 3.62. The lowest BCUT2D eigenvalue weighted by atomic mass is 9.87. The smallest absolute Gasteiger partial charge is 0.147 e. The van der Waals surface area contributed by atoms with Crippen LogP contribution in [0.3, 0.4) is 0 Å². The maximum Gasteiger partial charge on any atom is 0.147 e. The first-order valence-corrected chi connectivity index (χ1v) is 7.20. The Morgan fingerprint density at radius 2 is 1.90 bits per heavy atom. The molecule has 2 atom stereocenters. The highest BCUT2D eigenvalue weighted by molar-refractivity contribution is 6.29. The lowest BCUT2D eigenvalue weighted by molar-refractivity contribution is 0.426. The summed E-state index contributed by atoms with van der Waals surface area (Å²) >= 11 is 5.78. The van der Waals surface area contributed by atoms with Crippen molar-refractivity contribution < 1.29 is 4.74 Å². The molecule has 0 bridgehead atoms. The lowest BCUT2D eigenvalue weighted by Crippen LogP contribution is -2.12. The average molecular weight is 299 g/mol. The predicted molar refractivity (Wildman–Crippen MR) is 83.2 cm³/mol. The fourth-order valence-corrected chi connectivity index (χ4v) is 2.44. The van der Waals surface area contributed by atoms with E-state index in [-0.39, 0.29) is 11.8 Å².